The van der Waals surface area contributed by atoms with Crippen LogP contribution in [0.25, 0.3) is 0 Å². The first-order valence-electron chi connectivity index (χ1n) is 5.01. The maximum atomic E-state index is 5.94. The lowest BCUT2D eigenvalue weighted by molar-refractivity contribution is 0.158. The van der Waals surface area contributed by atoms with Crippen LogP contribution in [0.1, 0.15) is 5.56 Å². The van der Waals surface area contributed by atoms with Crippen LogP contribution in [0.2, 0.25) is 0 Å². The Bertz CT molecular complexity index is 305. The number of hydrogen-bond acceptors (Lipinski definition) is 4. The van der Waals surface area contributed by atoms with Gasteiger partial charge >= 0.3 is 0 Å². The van der Waals surface area contributed by atoms with Gasteiger partial charge in [-0.1, -0.05) is 12.1 Å². The molecule has 0 spiro atoms. The molecule has 0 amide bonds. The standard InChI is InChI=1S/C11H18N2OS/c1-9-3-2-4-10(11(9)13)15-8-7-14-6-5-12/h2-4H,5-8,12-13H2,1H3. The summed E-state index contributed by atoms with van der Waals surface area (Å²) in [6.45, 7) is 3.95. The first-order chi connectivity index (χ1) is 7.25. The van der Waals surface area contributed by atoms with Gasteiger partial charge in [0.25, 0.3) is 0 Å². The number of aryl methyl sites for hydroxylation is 1. The number of nitrogens with two attached hydrogens (primary N) is 2. The number of rotatable bonds is 6. The van der Waals surface area contributed by atoms with Gasteiger partial charge in [-0.2, -0.15) is 0 Å². The monoisotopic (exact) mass is 226 g/mol. The minimum Gasteiger partial charge on any atom is -0.398 e. The van der Waals surface area contributed by atoms with Gasteiger partial charge in [0.2, 0.25) is 0 Å². The molecule has 1 rings (SSSR count). The summed E-state index contributed by atoms with van der Waals surface area (Å²) in [5.41, 5.74) is 13.3. The van der Waals surface area contributed by atoms with Gasteiger partial charge in [-0.3, -0.25) is 0 Å². The Kier molecular flexibility index (Phi) is 5.53. The molecule has 0 aliphatic carbocycles. The Morgan fingerprint density at radius 2 is 2.13 bits per heavy atom. The normalized spacial score (nSPS) is 10.5. The van der Waals surface area contributed by atoms with E-state index in [-0.39, 0.29) is 0 Å². The number of ether oxygens (including phenoxy) is 1. The number of anilines is 1. The summed E-state index contributed by atoms with van der Waals surface area (Å²) in [7, 11) is 0. The molecule has 0 fully saturated rings. The SMILES string of the molecule is Cc1cccc(SCCOCCN)c1N. The molecule has 3 nitrogen and oxygen atoms in total. The van der Waals surface area contributed by atoms with Gasteiger partial charge in [-0.15, -0.1) is 11.8 Å². The number of nitrogen functional groups attached to an aromatic ring is 1. The van der Waals surface area contributed by atoms with E-state index < -0.39 is 0 Å². The van der Waals surface area contributed by atoms with E-state index in [1.54, 1.807) is 11.8 Å². The van der Waals surface area contributed by atoms with Crippen LogP contribution < -0.4 is 11.5 Å². The Morgan fingerprint density at radius 1 is 1.33 bits per heavy atom. The second-order valence-corrected chi connectivity index (χ2v) is 4.37. The maximum Gasteiger partial charge on any atom is 0.0589 e. The fourth-order valence-corrected chi connectivity index (χ4v) is 2.09. The van der Waals surface area contributed by atoms with Crippen molar-refractivity contribution in [2.45, 2.75) is 11.8 Å². The predicted molar refractivity (Wildman–Crippen MR) is 66.2 cm³/mol. The molecule has 0 aliphatic heterocycles. The van der Waals surface area contributed by atoms with Crippen molar-refractivity contribution in [1.29, 1.82) is 0 Å². The number of benzene rings is 1. The van der Waals surface area contributed by atoms with E-state index in [2.05, 4.69) is 0 Å². The summed E-state index contributed by atoms with van der Waals surface area (Å²) in [6, 6.07) is 6.08. The fourth-order valence-electron chi connectivity index (χ4n) is 1.18. The van der Waals surface area contributed by atoms with E-state index in [1.165, 1.54) is 0 Å². The molecule has 0 bridgehead atoms. The lowest BCUT2D eigenvalue weighted by Crippen LogP contribution is -2.09. The molecule has 0 aliphatic rings. The zero-order valence-corrected chi connectivity index (χ0v) is 9.85. The van der Waals surface area contributed by atoms with Gasteiger partial charge in [-0.05, 0) is 18.6 Å². The highest BCUT2D eigenvalue weighted by molar-refractivity contribution is 7.99. The lowest BCUT2D eigenvalue weighted by atomic mass is 10.2. The van der Waals surface area contributed by atoms with Crippen LogP contribution in [0.3, 0.4) is 0 Å². The summed E-state index contributed by atoms with van der Waals surface area (Å²) in [5.74, 6) is 0.910. The smallest absolute Gasteiger partial charge is 0.0589 e. The maximum absolute atomic E-state index is 5.94. The van der Waals surface area contributed by atoms with Crippen LogP contribution >= 0.6 is 11.8 Å². The van der Waals surface area contributed by atoms with Gasteiger partial charge in [0.05, 0.1) is 13.2 Å². The van der Waals surface area contributed by atoms with Crippen LogP contribution in [0, 0.1) is 6.92 Å². The fraction of sp³-hybridized carbons (Fsp3) is 0.455. The van der Waals surface area contributed by atoms with Gasteiger partial charge in [0.15, 0.2) is 0 Å². The van der Waals surface area contributed by atoms with Crippen molar-refractivity contribution in [3.63, 3.8) is 0 Å². The highest BCUT2D eigenvalue weighted by Gasteiger charge is 2.01. The van der Waals surface area contributed by atoms with E-state index in [0.717, 1.165) is 28.5 Å². The highest BCUT2D eigenvalue weighted by atomic mass is 32.2. The van der Waals surface area contributed by atoms with Crippen LogP contribution in [-0.4, -0.2) is 25.5 Å². The van der Waals surface area contributed by atoms with Crippen LogP contribution in [0.15, 0.2) is 23.1 Å². The van der Waals surface area contributed by atoms with E-state index in [4.69, 9.17) is 16.2 Å². The van der Waals surface area contributed by atoms with Gasteiger partial charge in [0.1, 0.15) is 0 Å². The van der Waals surface area contributed by atoms with Crippen molar-refractivity contribution in [2.75, 3.05) is 31.2 Å². The molecule has 0 atom stereocenters. The summed E-state index contributed by atoms with van der Waals surface area (Å²) in [6.07, 6.45) is 0. The average Bonchev–Trinajstić information content (AvgIpc) is 2.24. The Hall–Kier alpha value is -0.710. The molecule has 84 valence electrons. The third-order valence-corrected chi connectivity index (χ3v) is 3.07. The van der Waals surface area contributed by atoms with Crippen molar-refractivity contribution >= 4 is 17.4 Å². The summed E-state index contributed by atoms with van der Waals surface area (Å²) in [5, 5.41) is 0. The molecule has 4 heteroatoms. The van der Waals surface area contributed by atoms with Gasteiger partial charge in [0, 0.05) is 22.9 Å². The zero-order chi connectivity index (χ0) is 11.1. The third-order valence-electron chi connectivity index (χ3n) is 2.03. The average molecular weight is 226 g/mol. The minimum atomic E-state index is 0.581. The zero-order valence-electron chi connectivity index (χ0n) is 9.03. The Morgan fingerprint density at radius 3 is 2.87 bits per heavy atom. The van der Waals surface area contributed by atoms with Crippen molar-refractivity contribution in [3.05, 3.63) is 23.8 Å². The predicted octanol–water partition coefficient (Wildman–Crippen LogP) is 1.64. The number of thioether (sulfide) groups is 1. The lowest BCUT2D eigenvalue weighted by Gasteiger charge is -2.07. The van der Waals surface area contributed by atoms with Crippen LogP contribution in [0.4, 0.5) is 5.69 Å². The van der Waals surface area contributed by atoms with Crippen LogP contribution in [-0.2, 0) is 4.74 Å². The van der Waals surface area contributed by atoms with E-state index in [0.29, 0.717) is 13.2 Å². The molecule has 0 saturated heterocycles. The molecule has 4 N–H and O–H groups in total. The summed E-state index contributed by atoms with van der Waals surface area (Å²) >= 11 is 1.72. The number of hydrogen-bond donors (Lipinski definition) is 2. The van der Waals surface area contributed by atoms with E-state index >= 15 is 0 Å². The minimum absolute atomic E-state index is 0.581. The number of para-hydroxylation sites is 1. The second-order valence-electron chi connectivity index (χ2n) is 3.24. The molecular weight excluding hydrogens is 208 g/mol. The molecule has 1 aromatic carbocycles. The first-order valence-corrected chi connectivity index (χ1v) is 6.00. The highest BCUT2D eigenvalue weighted by Crippen LogP contribution is 2.26. The van der Waals surface area contributed by atoms with E-state index in [1.807, 2.05) is 25.1 Å². The van der Waals surface area contributed by atoms with Gasteiger partial charge in [-0.25, -0.2) is 0 Å². The largest absolute Gasteiger partial charge is 0.398 e. The Labute approximate surface area is 95.2 Å². The van der Waals surface area contributed by atoms with Crippen LogP contribution in [0.5, 0.6) is 0 Å². The molecule has 0 saturated carbocycles. The molecule has 15 heavy (non-hydrogen) atoms. The van der Waals surface area contributed by atoms with Crippen molar-refractivity contribution < 1.29 is 4.74 Å². The molecule has 0 radical (unpaired) electrons. The second kappa shape index (κ2) is 6.71. The van der Waals surface area contributed by atoms with Crippen molar-refractivity contribution in [3.8, 4) is 0 Å². The van der Waals surface area contributed by atoms with Gasteiger partial charge < -0.3 is 16.2 Å². The van der Waals surface area contributed by atoms with Crippen molar-refractivity contribution in [1.82, 2.24) is 0 Å². The quantitative estimate of drug-likeness (QED) is 0.440. The molecule has 0 aromatic heterocycles. The molecule has 0 heterocycles. The topological polar surface area (TPSA) is 61.3 Å². The summed E-state index contributed by atoms with van der Waals surface area (Å²) in [4.78, 5) is 1.13. The third kappa shape index (κ3) is 4.11. The first kappa shape index (κ1) is 12.4. The van der Waals surface area contributed by atoms with E-state index in [9.17, 15) is 0 Å². The van der Waals surface area contributed by atoms with Crippen molar-refractivity contribution in [2.24, 2.45) is 5.73 Å². The molecule has 0 unspecified atom stereocenters. The summed E-state index contributed by atoms with van der Waals surface area (Å²) < 4.78 is 5.29. The molecular formula is C11H18N2OS. The Balaban J connectivity index is 2.34. The molecule has 1 aromatic rings.